The number of nitrogens with zero attached hydrogens (tertiary/aromatic N) is 3. The van der Waals surface area contributed by atoms with E-state index < -0.39 is 15.9 Å². The number of hydrogen-bond acceptors (Lipinski definition) is 5. The van der Waals surface area contributed by atoms with Gasteiger partial charge in [0.25, 0.3) is 5.91 Å². The van der Waals surface area contributed by atoms with Crippen molar-refractivity contribution in [2.45, 2.75) is 45.6 Å². The summed E-state index contributed by atoms with van der Waals surface area (Å²) in [7, 11) is -3.65. The van der Waals surface area contributed by atoms with E-state index >= 15 is 0 Å². The summed E-state index contributed by atoms with van der Waals surface area (Å²) < 4.78 is 28.1. The minimum atomic E-state index is -3.65. The summed E-state index contributed by atoms with van der Waals surface area (Å²) >= 11 is 0. The van der Waals surface area contributed by atoms with Crippen LogP contribution in [0.25, 0.3) is 0 Å². The maximum Gasteiger partial charge on any atom is 0.286 e. The number of aryl methyl sites for hydroxylation is 2. The van der Waals surface area contributed by atoms with Crippen molar-refractivity contribution in [3.8, 4) is 0 Å². The molecule has 1 amide bonds. The number of hydrogen-bond donors (Lipinski definition) is 1. The Kier molecular flexibility index (Phi) is 4.58. The van der Waals surface area contributed by atoms with Crippen LogP contribution in [0.5, 0.6) is 0 Å². The molecule has 1 aromatic heterocycles. The number of primary amides is 1. The van der Waals surface area contributed by atoms with E-state index in [2.05, 4.69) is 9.97 Å². The fourth-order valence-electron chi connectivity index (χ4n) is 3.31. The Morgan fingerprint density at radius 3 is 2.35 bits per heavy atom. The summed E-state index contributed by atoms with van der Waals surface area (Å²) in [6, 6.07) is 2.01. The topological polar surface area (TPSA) is 106 Å². The second-order valence-electron chi connectivity index (χ2n) is 6.71. The number of benzene rings is 1. The Morgan fingerprint density at radius 1 is 1.15 bits per heavy atom. The quantitative estimate of drug-likeness (QED) is 0.877. The molecular formula is C18H22N4O3S. The third kappa shape index (κ3) is 2.99. The van der Waals surface area contributed by atoms with Gasteiger partial charge < -0.3 is 5.73 Å². The van der Waals surface area contributed by atoms with Gasteiger partial charge in [-0.1, -0.05) is 6.07 Å². The third-order valence-corrected chi connectivity index (χ3v) is 7.13. The molecule has 0 atom stereocenters. The zero-order chi connectivity index (χ0) is 19.2. The predicted molar refractivity (Wildman–Crippen MR) is 97.2 cm³/mol. The Morgan fingerprint density at radius 2 is 1.77 bits per heavy atom. The molecule has 7 nitrogen and oxygen atoms in total. The van der Waals surface area contributed by atoms with E-state index in [0.717, 1.165) is 22.3 Å². The Balaban J connectivity index is 2.02. The smallest absolute Gasteiger partial charge is 0.286 e. The van der Waals surface area contributed by atoms with Gasteiger partial charge in [0, 0.05) is 31.3 Å². The summed E-state index contributed by atoms with van der Waals surface area (Å²) in [5.74, 6) is -0.731. The van der Waals surface area contributed by atoms with Crippen molar-refractivity contribution < 1.29 is 13.2 Å². The van der Waals surface area contributed by atoms with E-state index in [0.29, 0.717) is 29.1 Å². The van der Waals surface area contributed by atoms with Crippen LogP contribution in [0.3, 0.4) is 0 Å². The Bertz CT molecular complexity index is 989. The number of sulfonamides is 1. The maximum atomic E-state index is 13.3. The van der Waals surface area contributed by atoms with Crippen LogP contribution in [0.15, 0.2) is 17.2 Å². The predicted octanol–water partition coefficient (Wildman–Crippen LogP) is 1.56. The monoisotopic (exact) mass is 374 g/mol. The molecule has 26 heavy (non-hydrogen) atoms. The molecule has 8 heteroatoms. The molecule has 1 aliphatic rings. The van der Waals surface area contributed by atoms with E-state index in [1.54, 1.807) is 0 Å². The molecule has 0 fully saturated rings. The first-order valence-corrected chi connectivity index (χ1v) is 9.79. The number of carbonyl (C=O) groups excluding carboxylic acids is 1. The Hall–Kier alpha value is -2.32. The molecule has 0 aliphatic carbocycles. The van der Waals surface area contributed by atoms with Crippen molar-refractivity contribution in [3.63, 3.8) is 0 Å². The van der Waals surface area contributed by atoms with Gasteiger partial charge in [0.05, 0.1) is 10.6 Å². The average Bonchev–Trinajstić information content (AvgIpc) is 2.59. The first-order chi connectivity index (χ1) is 12.1. The van der Waals surface area contributed by atoms with Crippen molar-refractivity contribution in [1.82, 2.24) is 14.3 Å². The molecule has 138 valence electrons. The molecule has 0 saturated carbocycles. The van der Waals surface area contributed by atoms with E-state index in [-0.39, 0.29) is 12.4 Å². The molecule has 0 saturated heterocycles. The summed E-state index contributed by atoms with van der Waals surface area (Å²) in [5, 5.41) is 0. The van der Waals surface area contributed by atoms with E-state index in [4.69, 9.17) is 5.73 Å². The summed E-state index contributed by atoms with van der Waals surface area (Å²) in [6.45, 7) is 8.01. The van der Waals surface area contributed by atoms with Gasteiger partial charge in [-0.05, 0) is 49.9 Å². The van der Waals surface area contributed by atoms with Crippen LogP contribution in [-0.4, -0.2) is 35.1 Å². The molecule has 0 bridgehead atoms. The normalized spacial score (nSPS) is 14.9. The number of nitrogens with two attached hydrogens (primary N) is 1. The molecule has 2 heterocycles. The lowest BCUT2D eigenvalue weighted by Crippen LogP contribution is -2.37. The highest BCUT2D eigenvalue weighted by molar-refractivity contribution is 7.89. The fraction of sp³-hybridized carbons (Fsp3) is 0.389. The second-order valence-corrected chi connectivity index (χ2v) is 8.58. The first kappa shape index (κ1) is 18.5. The number of aromatic nitrogens is 2. The van der Waals surface area contributed by atoms with Crippen molar-refractivity contribution in [1.29, 1.82) is 0 Å². The van der Waals surface area contributed by atoms with Crippen LogP contribution in [-0.2, 0) is 23.0 Å². The van der Waals surface area contributed by atoms with Crippen LogP contribution in [0.4, 0.5) is 0 Å². The first-order valence-electron chi connectivity index (χ1n) is 8.35. The molecule has 0 radical (unpaired) electrons. The van der Waals surface area contributed by atoms with Crippen LogP contribution in [0.1, 0.15) is 44.1 Å². The van der Waals surface area contributed by atoms with Crippen molar-refractivity contribution in [2.75, 3.05) is 6.54 Å². The SMILES string of the molecule is Cc1cc(C)c(C)c(S(=O)(=O)N2CCc3nc(C(N)=O)ncc3C2)c1C. The molecule has 1 aliphatic heterocycles. The van der Waals surface area contributed by atoms with Gasteiger partial charge in [-0.3, -0.25) is 4.79 Å². The average molecular weight is 374 g/mol. The molecule has 2 aromatic rings. The summed E-state index contributed by atoms with van der Waals surface area (Å²) in [6.07, 6.45) is 1.91. The zero-order valence-electron chi connectivity index (χ0n) is 15.3. The summed E-state index contributed by atoms with van der Waals surface area (Å²) in [4.78, 5) is 19.7. The van der Waals surface area contributed by atoms with Crippen LogP contribution in [0, 0.1) is 27.7 Å². The molecular weight excluding hydrogens is 352 g/mol. The lowest BCUT2D eigenvalue weighted by atomic mass is 10.0. The number of rotatable bonds is 3. The van der Waals surface area contributed by atoms with Gasteiger partial charge in [-0.25, -0.2) is 18.4 Å². The third-order valence-electron chi connectivity index (χ3n) is 5.01. The van der Waals surface area contributed by atoms with E-state index in [1.807, 2.05) is 33.8 Å². The number of fused-ring (bicyclic) bond motifs is 1. The standard InChI is InChI=1S/C18H22N4O3S/c1-10-7-11(2)13(4)16(12(10)3)26(24,25)22-6-5-15-14(9-22)8-20-18(21-15)17(19)23/h7-8H,5-6,9H2,1-4H3,(H2,19,23). The number of amides is 1. The van der Waals surface area contributed by atoms with E-state index in [1.165, 1.54) is 10.5 Å². The molecule has 0 unspecified atom stereocenters. The van der Waals surface area contributed by atoms with Crippen LogP contribution >= 0.6 is 0 Å². The highest BCUT2D eigenvalue weighted by atomic mass is 32.2. The van der Waals surface area contributed by atoms with Crippen LogP contribution < -0.4 is 5.73 Å². The van der Waals surface area contributed by atoms with Crippen LogP contribution in [0.2, 0.25) is 0 Å². The van der Waals surface area contributed by atoms with Gasteiger partial charge >= 0.3 is 0 Å². The minimum absolute atomic E-state index is 0.0407. The molecule has 1 aromatic carbocycles. The molecule has 3 rings (SSSR count). The lowest BCUT2D eigenvalue weighted by molar-refractivity contribution is 0.0989. The van der Waals surface area contributed by atoms with Gasteiger partial charge in [0.2, 0.25) is 15.8 Å². The second kappa shape index (κ2) is 6.44. The Labute approximate surface area is 153 Å². The highest BCUT2D eigenvalue weighted by Gasteiger charge is 2.32. The minimum Gasteiger partial charge on any atom is -0.363 e. The van der Waals surface area contributed by atoms with Gasteiger partial charge in [0.1, 0.15) is 0 Å². The molecule has 2 N–H and O–H groups in total. The largest absolute Gasteiger partial charge is 0.363 e. The van der Waals surface area contributed by atoms with Crippen molar-refractivity contribution in [3.05, 3.63) is 51.6 Å². The number of carbonyl (C=O) groups is 1. The maximum absolute atomic E-state index is 13.3. The zero-order valence-corrected chi connectivity index (χ0v) is 16.1. The van der Waals surface area contributed by atoms with Crippen molar-refractivity contribution in [2.24, 2.45) is 5.73 Å². The van der Waals surface area contributed by atoms with Gasteiger partial charge in [-0.2, -0.15) is 4.31 Å². The fourth-order valence-corrected chi connectivity index (χ4v) is 5.31. The van der Waals surface area contributed by atoms with Gasteiger partial charge in [0.15, 0.2) is 0 Å². The lowest BCUT2D eigenvalue weighted by Gasteiger charge is -2.29. The van der Waals surface area contributed by atoms with E-state index in [9.17, 15) is 13.2 Å². The highest BCUT2D eigenvalue weighted by Crippen LogP contribution is 2.31. The van der Waals surface area contributed by atoms with Crippen molar-refractivity contribution >= 4 is 15.9 Å². The molecule has 0 spiro atoms. The van der Waals surface area contributed by atoms with Gasteiger partial charge in [-0.15, -0.1) is 0 Å². The summed E-state index contributed by atoms with van der Waals surface area (Å²) in [5.41, 5.74) is 10.1.